The van der Waals surface area contributed by atoms with Crippen LogP contribution >= 0.6 is 15.9 Å². The molecule has 0 spiro atoms. The SMILES string of the molecule is C=C1CC(c2ccc(Br)cc2)=C(c2ccccc2)C1=O. The highest BCUT2D eigenvalue weighted by Crippen LogP contribution is 2.39. The van der Waals surface area contributed by atoms with Crippen LogP contribution in [0, 0.1) is 0 Å². The summed E-state index contributed by atoms with van der Waals surface area (Å²) in [5.74, 6) is 0.0640. The van der Waals surface area contributed by atoms with Crippen molar-refractivity contribution in [3.8, 4) is 0 Å². The van der Waals surface area contributed by atoms with Gasteiger partial charge in [0.2, 0.25) is 0 Å². The summed E-state index contributed by atoms with van der Waals surface area (Å²) in [7, 11) is 0. The van der Waals surface area contributed by atoms with E-state index in [-0.39, 0.29) is 5.78 Å². The fraction of sp³-hybridized carbons (Fsp3) is 0.0556. The van der Waals surface area contributed by atoms with Crippen molar-refractivity contribution in [1.82, 2.24) is 0 Å². The fourth-order valence-electron chi connectivity index (χ4n) is 2.50. The van der Waals surface area contributed by atoms with Crippen LogP contribution in [0.25, 0.3) is 11.1 Å². The molecule has 0 saturated carbocycles. The average Bonchev–Trinajstić information content (AvgIpc) is 2.77. The van der Waals surface area contributed by atoms with Crippen molar-refractivity contribution in [2.24, 2.45) is 0 Å². The van der Waals surface area contributed by atoms with Crippen LogP contribution in [-0.2, 0) is 4.79 Å². The molecule has 0 radical (unpaired) electrons. The largest absolute Gasteiger partial charge is 0.289 e. The van der Waals surface area contributed by atoms with Crippen LogP contribution < -0.4 is 0 Å². The highest BCUT2D eigenvalue weighted by molar-refractivity contribution is 9.10. The van der Waals surface area contributed by atoms with Gasteiger partial charge in [-0.05, 0) is 34.4 Å². The Morgan fingerprint density at radius 2 is 1.55 bits per heavy atom. The minimum atomic E-state index is 0.0640. The summed E-state index contributed by atoms with van der Waals surface area (Å²) in [6.45, 7) is 3.90. The molecule has 0 saturated heterocycles. The molecule has 0 unspecified atom stereocenters. The molecular weight excluding hydrogens is 312 g/mol. The Bertz CT molecular complexity index is 709. The molecule has 0 N–H and O–H groups in total. The summed E-state index contributed by atoms with van der Waals surface area (Å²) in [4.78, 5) is 12.4. The molecule has 0 aliphatic heterocycles. The van der Waals surface area contributed by atoms with Gasteiger partial charge < -0.3 is 0 Å². The highest BCUT2D eigenvalue weighted by Gasteiger charge is 2.28. The van der Waals surface area contributed by atoms with Crippen molar-refractivity contribution in [2.75, 3.05) is 0 Å². The smallest absolute Gasteiger partial charge is 0.189 e. The van der Waals surface area contributed by atoms with Gasteiger partial charge in [0.1, 0.15) is 0 Å². The first-order valence-corrected chi connectivity index (χ1v) is 7.23. The minimum Gasteiger partial charge on any atom is -0.289 e. The third kappa shape index (κ3) is 2.27. The van der Waals surface area contributed by atoms with Gasteiger partial charge in [0.25, 0.3) is 0 Å². The van der Waals surface area contributed by atoms with Crippen molar-refractivity contribution in [1.29, 1.82) is 0 Å². The summed E-state index contributed by atoms with van der Waals surface area (Å²) in [6.07, 6.45) is 0.630. The number of carbonyl (C=O) groups is 1. The second-order valence-corrected chi connectivity index (χ2v) is 5.75. The van der Waals surface area contributed by atoms with Gasteiger partial charge in [-0.2, -0.15) is 0 Å². The van der Waals surface area contributed by atoms with E-state index in [1.54, 1.807) is 0 Å². The number of carbonyl (C=O) groups excluding carboxylic acids is 1. The van der Waals surface area contributed by atoms with E-state index in [0.717, 1.165) is 26.7 Å². The van der Waals surface area contributed by atoms with Crippen LogP contribution in [-0.4, -0.2) is 5.78 Å². The summed E-state index contributed by atoms with van der Waals surface area (Å²) >= 11 is 3.44. The number of hydrogen-bond acceptors (Lipinski definition) is 1. The first kappa shape index (κ1) is 13.1. The van der Waals surface area contributed by atoms with E-state index >= 15 is 0 Å². The van der Waals surface area contributed by atoms with Gasteiger partial charge in [0.15, 0.2) is 5.78 Å². The molecule has 2 aromatic carbocycles. The lowest BCUT2D eigenvalue weighted by Crippen LogP contribution is -1.97. The normalized spacial score (nSPS) is 15.1. The molecule has 0 atom stereocenters. The van der Waals surface area contributed by atoms with Crippen molar-refractivity contribution in [3.63, 3.8) is 0 Å². The standard InChI is InChI=1S/C18H13BrO/c1-12-11-16(13-7-9-15(19)10-8-13)17(18(12)20)14-5-3-2-4-6-14/h2-10H,1,11H2. The molecule has 0 bridgehead atoms. The molecule has 3 rings (SSSR count). The molecule has 1 aliphatic carbocycles. The number of ketones is 1. The van der Waals surface area contributed by atoms with Gasteiger partial charge >= 0.3 is 0 Å². The van der Waals surface area contributed by atoms with Gasteiger partial charge in [-0.25, -0.2) is 0 Å². The molecule has 0 fully saturated rings. The average molecular weight is 325 g/mol. The molecule has 0 amide bonds. The van der Waals surface area contributed by atoms with Crippen LogP contribution in [0.1, 0.15) is 17.5 Å². The van der Waals surface area contributed by atoms with E-state index in [2.05, 4.69) is 22.5 Å². The van der Waals surface area contributed by atoms with Crippen LogP contribution in [0.2, 0.25) is 0 Å². The second-order valence-electron chi connectivity index (χ2n) is 4.84. The van der Waals surface area contributed by atoms with Crippen molar-refractivity contribution < 1.29 is 4.79 Å². The zero-order valence-electron chi connectivity index (χ0n) is 10.9. The Hall–Kier alpha value is -1.93. The van der Waals surface area contributed by atoms with E-state index in [4.69, 9.17) is 0 Å². The van der Waals surface area contributed by atoms with E-state index in [9.17, 15) is 4.79 Å². The predicted molar refractivity (Wildman–Crippen MR) is 86.2 cm³/mol. The molecule has 20 heavy (non-hydrogen) atoms. The first-order valence-electron chi connectivity index (χ1n) is 6.44. The van der Waals surface area contributed by atoms with Gasteiger partial charge in [-0.1, -0.05) is 65.0 Å². The topological polar surface area (TPSA) is 17.1 Å². The van der Waals surface area contributed by atoms with Crippen LogP contribution in [0.3, 0.4) is 0 Å². The van der Waals surface area contributed by atoms with Crippen molar-refractivity contribution in [2.45, 2.75) is 6.42 Å². The minimum absolute atomic E-state index is 0.0640. The maximum absolute atomic E-state index is 12.4. The number of allylic oxidation sites excluding steroid dienone is 3. The van der Waals surface area contributed by atoms with Crippen LogP contribution in [0.5, 0.6) is 0 Å². The van der Waals surface area contributed by atoms with Crippen molar-refractivity contribution in [3.05, 3.63) is 82.3 Å². The highest BCUT2D eigenvalue weighted by atomic mass is 79.9. The molecule has 1 nitrogen and oxygen atoms in total. The maximum Gasteiger partial charge on any atom is 0.189 e. The van der Waals surface area contributed by atoms with Crippen LogP contribution in [0.4, 0.5) is 0 Å². The Kier molecular flexibility index (Phi) is 3.41. The lowest BCUT2D eigenvalue weighted by atomic mass is 9.97. The predicted octanol–water partition coefficient (Wildman–Crippen LogP) is 4.89. The molecule has 98 valence electrons. The number of halogens is 1. The van der Waals surface area contributed by atoms with E-state index in [1.165, 1.54) is 0 Å². The Balaban J connectivity index is 2.18. The lowest BCUT2D eigenvalue weighted by Gasteiger charge is -2.07. The molecule has 2 heteroatoms. The summed E-state index contributed by atoms with van der Waals surface area (Å²) in [5, 5.41) is 0. The Labute approximate surface area is 126 Å². The van der Waals surface area contributed by atoms with Gasteiger partial charge in [0, 0.05) is 16.5 Å². The second kappa shape index (κ2) is 5.22. The van der Waals surface area contributed by atoms with Crippen LogP contribution in [0.15, 0.2) is 71.2 Å². The van der Waals surface area contributed by atoms with E-state index in [1.807, 2.05) is 54.6 Å². The first-order chi connectivity index (χ1) is 9.66. The maximum atomic E-state index is 12.4. The summed E-state index contributed by atoms with van der Waals surface area (Å²) in [5.41, 5.74) is 4.58. The van der Waals surface area contributed by atoms with Gasteiger partial charge in [0.05, 0.1) is 0 Å². The van der Waals surface area contributed by atoms with Gasteiger partial charge in [-0.15, -0.1) is 0 Å². The van der Waals surface area contributed by atoms with Crippen molar-refractivity contribution >= 4 is 32.9 Å². The quantitative estimate of drug-likeness (QED) is 0.719. The van der Waals surface area contributed by atoms with E-state index < -0.39 is 0 Å². The lowest BCUT2D eigenvalue weighted by molar-refractivity contribution is -0.110. The summed E-state index contributed by atoms with van der Waals surface area (Å²) < 4.78 is 1.03. The number of rotatable bonds is 2. The number of Topliss-reactive ketones (excluding diaryl/α,β-unsaturated/α-hetero) is 1. The Morgan fingerprint density at radius 1 is 0.900 bits per heavy atom. The molecule has 1 aliphatic rings. The molecule has 0 aromatic heterocycles. The zero-order valence-corrected chi connectivity index (χ0v) is 12.5. The number of benzene rings is 2. The molecule has 0 heterocycles. The zero-order chi connectivity index (χ0) is 14.1. The molecule has 2 aromatic rings. The van der Waals surface area contributed by atoms with Gasteiger partial charge in [-0.3, -0.25) is 4.79 Å². The monoisotopic (exact) mass is 324 g/mol. The third-order valence-corrected chi connectivity index (χ3v) is 4.02. The fourth-order valence-corrected chi connectivity index (χ4v) is 2.77. The third-order valence-electron chi connectivity index (χ3n) is 3.50. The molecular formula is C18H13BrO. The number of hydrogen-bond donors (Lipinski definition) is 0. The Morgan fingerprint density at radius 3 is 2.20 bits per heavy atom. The summed E-state index contributed by atoms with van der Waals surface area (Å²) in [6, 6.07) is 17.9. The van der Waals surface area contributed by atoms with E-state index in [0.29, 0.717) is 12.0 Å².